The van der Waals surface area contributed by atoms with Gasteiger partial charge in [0.25, 0.3) is 5.91 Å². The van der Waals surface area contributed by atoms with Crippen molar-refractivity contribution in [3.8, 4) is 0 Å². The van der Waals surface area contributed by atoms with Gasteiger partial charge < -0.3 is 14.7 Å². The number of benzene rings is 2. The van der Waals surface area contributed by atoms with E-state index >= 15 is 0 Å². The molecule has 0 bridgehead atoms. The number of likely N-dealkylation sites (N-methyl/N-ethyl adjacent to an activating group) is 2. The molecule has 1 heterocycles. The van der Waals surface area contributed by atoms with Gasteiger partial charge in [-0.25, -0.2) is 0 Å². The van der Waals surface area contributed by atoms with Gasteiger partial charge in [-0.05, 0) is 55.6 Å². The molecule has 1 unspecified atom stereocenters. The molecule has 2 amide bonds. The molecule has 0 aromatic heterocycles. The minimum absolute atomic E-state index is 0.0117. The molecule has 0 spiro atoms. The smallest absolute Gasteiger partial charge is 0.253 e. The van der Waals surface area contributed by atoms with E-state index in [9.17, 15) is 9.59 Å². The van der Waals surface area contributed by atoms with E-state index in [0.29, 0.717) is 22.2 Å². The average molecular weight is 574 g/mol. The van der Waals surface area contributed by atoms with Crippen LogP contribution < -0.4 is 0 Å². The first kappa shape index (κ1) is 29.9. The van der Waals surface area contributed by atoms with Gasteiger partial charge in [0.05, 0.1) is 10.0 Å². The van der Waals surface area contributed by atoms with Crippen LogP contribution in [0.5, 0.6) is 0 Å². The number of piperazine rings is 1. The van der Waals surface area contributed by atoms with Gasteiger partial charge in [0.1, 0.15) is 5.54 Å². The second-order valence-corrected chi connectivity index (χ2v) is 12.1. The third-order valence-electron chi connectivity index (χ3n) is 8.53. The van der Waals surface area contributed by atoms with Crippen LogP contribution in [0.3, 0.4) is 0 Å². The fourth-order valence-corrected chi connectivity index (χ4v) is 6.61. The van der Waals surface area contributed by atoms with Gasteiger partial charge in [0.15, 0.2) is 0 Å². The van der Waals surface area contributed by atoms with Crippen molar-refractivity contribution in [3.63, 3.8) is 0 Å². The molecule has 1 aliphatic carbocycles. The molecule has 1 saturated carbocycles. The van der Waals surface area contributed by atoms with Gasteiger partial charge in [0, 0.05) is 65.3 Å². The molecular formula is C31H42Cl2N4O2. The maximum absolute atomic E-state index is 13.3. The third kappa shape index (κ3) is 7.15. The van der Waals surface area contributed by atoms with Crippen LogP contribution in [-0.2, 0) is 4.79 Å². The summed E-state index contributed by atoms with van der Waals surface area (Å²) in [5.74, 6) is 0.398. The maximum Gasteiger partial charge on any atom is 0.253 e. The van der Waals surface area contributed by atoms with Crippen LogP contribution in [0.4, 0.5) is 0 Å². The molecule has 6 nitrogen and oxygen atoms in total. The molecule has 212 valence electrons. The van der Waals surface area contributed by atoms with E-state index in [1.54, 1.807) is 9.80 Å². The Labute approximate surface area is 243 Å². The van der Waals surface area contributed by atoms with Gasteiger partial charge in [-0.2, -0.15) is 0 Å². The molecule has 1 saturated heterocycles. The van der Waals surface area contributed by atoms with Crippen LogP contribution in [-0.4, -0.2) is 97.4 Å². The van der Waals surface area contributed by atoms with Crippen LogP contribution in [0.2, 0.25) is 10.0 Å². The summed E-state index contributed by atoms with van der Waals surface area (Å²) in [5, 5.41) is 1.07. The predicted molar refractivity (Wildman–Crippen MR) is 160 cm³/mol. The molecule has 8 heteroatoms. The molecule has 2 fully saturated rings. The molecule has 2 aromatic carbocycles. The van der Waals surface area contributed by atoms with E-state index in [4.69, 9.17) is 23.2 Å². The van der Waals surface area contributed by atoms with Crippen molar-refractivity contribution < 1.29 is 9.59 Å². The second-order valence-electron chi connectivity index (χ2n) is 11.3. The Hall–Kier alpha value is -2.12. The van der Waals surface area contributed by atoms with Crippen molar-refractivity contribution in [2.45, 2.75) is 50.0 Å². The lowest BCUT2D eigenvalue weighted by molar-refractivity contribution is -0.146. The number of rotatable bonds is 9. The molecule has 39 heavy (non-hydrogen) atoms. The van der Waals surface area contributed by atoms with Crippen molar-refractivity contribution in [1.82, 2.24) is 19.6 Å². The largest absolute Gasteiger partial charge is 0.347 e. The molecule has 2 aromatic rings. The summed E-state index contributed by atoms with van der Waals surface area (Å²) < 4.78 is 0. The average Bonchev–Trinajstić information content (AvgIpc) is 2.96. The van der Waals surface area contributed by atoms with Crippen molar-refractivity contribution in [3.05, 3.63) is 69.7 Å². The fraction of sp³-hybridized carbons (Fsp3) is 0.548. The molecule has 4 rings (SSSR count). The van der Waals surface area contributed by atoms with Gasteiger partial charge in [-0.15, -0.1) is 0 Å². The molecule has 1 aliphatic heterocycles. The Morgan fingerprint density at radius 3 is 2.18 bits per heavy atom. The van der Waals surface area contributed by atoms with E-state index in [-0.39, 0.29) is 23.3 Å². The number of carbonyl (C=O) groups is 2. The molecule has 2 aliphatic rings. The Morgan fingerprint density at radius 2 is 1.56 bits per heavy atom. The lowest BCUT2D eigenvalue weighted by Crippen LogP contribution is -2.63. The molecule has 0 radical (unpaired) electrons. The minimum Gasteiger partial charge on any atom is -0.347 e. The zero-order valence-electron chi connectivity index (χ0n) is 23.5. The summed E-state index contributed by atoms with van der Waals surface area (Å²) >= 11 is 12.6. The standard InChI is InChI=1S/C31H42Cl2N4O2/c1-34(2)30(39)31(15-8-5-9-16-31)37-20-18-36(19-21-37)17-14-26(25-12-13-27(32)28(33)22-25)23-35(3)29(38)24-10-6-4-7-11-24/h4,6-7,10-13,22,26H,5,8-9,14-21,23H2,1-3H3. The van der Waals surface area contributed by atoms with Gasteiger partial charge >= 0.3 is 0 Å². The van der Waals surface area contributed by atoms with Gasteiger partial charge in [-0.3, -0.25) is 14.5 Å². The Kier molecular flexibility index (Phi) is 10.3. The van der Waals surface area contributed by atoms with Gasteiger partial charge in [-0.1, -0.05) is 66.7 Å². The first-order valence-electron chi connectivity index (χ1n) is 14.2. The van der Waals surface area contributed by atoms with Crippen LogP contribution in [0.15, 0.2) is 48.5 Å². The summed E-state index contributed by atoms with van der Waals surface area (Å²) in [6, 6.07) is 15.2. The van der Waals surface area contributed by atoms with Crippen molar-refractivity contribution >= 4 is 35.0 Å². The highest BCUT2D eigenvalue weighted by Gasteiger charge is 2.46. The number of nitrogens with zero attached hydrogens (tertiary/aromatic N) is 4. The summed E-state index contributed by atoms with van der Waals surface area (Å²) in [5.41, 5.74) is 1.44. The highest BCUT2D eigenvalue weighted by atomic mass is 35.5. The van der Waals surface area contributed by atoms with E-state index in [2.05, 4.69) is 9.80 Å². The number of hydrogen-bond acceptors (Lipinski definition) is 4. The first-order valence-corrected chi connectivity index (χ1v) is 14.9. The van der Waals surface area contributed by atoms with E-state index in [0.717, 1.165) is 70.4 Å². The van der Waals surface area contributed by atoms with Crippen molar-refractivity contribution in [2.75, 3.05) is 60.4 Å². The maximum atomic E-state index is 13.3. The predicted octanol–water partition coefficient (Wildman–Crippen LogP) is 5.65. The minimum atomic E-state index is -0.336. The summed E-state index contributed by atoms with van der Waals surface area (Å²) in [4.78, 5) is 34.9. The molecule has 0 N–H and O–H groups in total. The second kappa shape index (κ2) is 13.5. The van der Waals surface area contributed by atoms with Crippen LogP contribution in [0.1, 0.15) is 60.4 Å². The fourth-order valence-electron chi connectivity index (χ4n) is 6.30. The normalized spacial score (nSPS) is 18.9. The number of carbonyl (C=O) groups excluding carboxylic acids is 2. The van der Waals surface area contributed by atoms with E-state index in [1.807, 2.05) is 69.7 Å². The number of hydrogen-bond donors (Lipinski definition) is 0. The Bertz CT molecular complexity index is 1110. The number of halogens is 2. The van der Waals surface area contributed by atoms with Crippen LogP contribution in [0.25, 0.3) is 0 Å². The van der Waals surface area contributed by atoms with E-state index in [1.165, 1.54) is 6.42 Å². The summed E-state index contributed by atoms with van der Waals surface area (Å²) in [7, 11) is 5.64. The first-order chi connectivity index (χ1) is 18.7. The number of amides is 2. The summed E-state index contributed by atoms with van der Waals surface area (Å²) in [6.07, 6.45) is 6.29. The Balaban J connectivity index is 1.41. The molecular weight excluding hydrogens is 531 g/mol. The SMILES string of the molecule is CN(C)C(=O)C1(N2CCN(CCC(CN(C)C(=O)c3ccccc3)c3ccc(Cl)c(Cl)c3)CC2)CCCCC1. The lowest BCUT2D eigenvalue weighted by atomic mass is 9.78. The zero-order chi connectivity index (χ0) is 28.0. The van der Waals surface area contributed by atoms with Gasteiger partial charge in [0.2, 0.25) is 5.91 Å². The van der Waals surface area contributed by atoms with Crippen LogP contribution in [0, 0.1) is 0 Å². The monoisotopic (exact) mass is 572 g/mol. The third-order valence-corrected chi connectivity index (χ3v) is 9.27. The lowest BCUT2D eigenvalue weighted by Gasteiger charge is -2.49. The topological polar surface area (TPSA) is 47.1 Å². The van der Waals surface area contributed by atoms with E-state index < -0.39 is 0 Å². The Morgan fingerprint density at radius 1 is 0.897 bits per heavy atom. The zero-order valence-corrected chi connectivity index (χ0v) is 25.1. The summed E-state index contributed by atoms with van der Waals surface area (Å²) in [6.45, 7) is 5.20. The van der Waals surface area contributed by atoms with Crippen LogP contribution >= 0.6 is 23.2 Å². The van der Waals surface area contributed by atoms with Crippen molar-refractivity contribution in [1.29, 1.82) is 0 Å². The molecule has 1 atom stereocenters. The highest BCUT2D eigenvalue weighted by Crippen LogP contribution is 2.36. The highest BCUT2D eigenvalue weighted by molar-refractivity contribution is 6.42. The van der Waals surface area contributed by atoms with Crippen molar-refractivity contribution in [2.24, 2.45) is 0 Å². The quantitative estimate of drug-likeness (QED) is 0.389.